The number of alkyl halides is 4. The minimum Gasteiger partial charge on any atom is -0.229 e. The van der Waals surface area contributed by atoms with Gasteiger partial charge in [0, 0.05) is 6.26 Å². The fourth-order valence-electron chi connectivity index (χ4n) is 0.360. The van der Waals surface area contributed by atoms with E-state index in [4.69, 9.17) is 0 Å². The van der Waals surface area contributed by atoms with E-state index in [0.29, 0.717) is 0 Å². The Morgan fingerprint density at radius 3 is 1.91 bits per heavy atom. The molecule has 0 fully saturated rings. The first-order valence-corrected chi connectivity index (χ1v) is 5.49. The van der Waals surface area contributed by atoms with Gasteiger partial charge in [0.05, 0.1) is 5.75 Å². The van der Waals surface area contributed by atoms with Crippen molar-refractivity contribution in [3.8, 4) is 0 Å². The summed E-state index contributed by atoms with van der Waals surface area (Å²) in [7, 11) is -3.57. The average Bonchev–Trinajstić information content (AvgIpc) is 1.56. The van der Waals surface area contributed by atoms with Crippen LogP contribution in [0.2, 0.25) is 0 Å². The van der Waals surface area contributed by atoms with E-state index in [9.17, 15) is 21.6 Å². The Bertz CT molecular complexity index is 220. The fraction of sp³-hybridized carbons (Fsp3) is 1.00. The first-order valence-electron chi connectivity index (χ1n) is 2.51. The van der Waals surface area contributed by atoms with Gasteiger partial charge in [0.1, 0.15) is 14.7 Å². The Labute approximate surface area is 70.8 Å². The normalized spacial score (nSPS) is 16.5. The van der Waals surface area contributed by atoms with Crippen LogP contribution in [0.4, 0.5) is 13.2 Å². The molecule has 0 saturated heterocycles. The average molecular weight is 255 g/mol. The van der Waals surface area contributed by atoms with E-state index in [1.807, 2.05) is 0 Å². The van der Waals surface area contributed by atoms with Crippen molar-refractivity contribution in [1.29, 1.82) is 0 Å². The SMILES string of the molecule is CS(=O)(=O)CC(Br)C(F)(F)F. The van der Waals surface area contributed by atoms with Crippen molar-refractivity contribution < 1.29 is 21.6 Å². The highest BCUT2D eigenvalue weighted by Crippen LogP contribution is 2.27. The number of hydrogen-bond acceptors (Lipinski definition) is 2. The molecule has 0 saturated carbocycles. The molecule has 0 radical (unpaired) electrons. The molecule has 0 aliphatic heterocycles. The second-order valence-electron chi connectivity index (χ2n) is 2.10. The van der Waals surface area contributed by atoms with E-state index in [2.05, 4.69) is 15.9 Å². The van der Waals surface area contributed by atoms with E-state index in [-0.39, 0.29) is 0 Å². The Balaban J connectivity index is 4.21. The predicted octanol–water partition coefficient (Wildman–Crippen LogP) is 1.36. The zero-order chi connectivity index (χ0) is 9.28. The molecule has 68 valence electrons. The highest BCUT2D eigenvalue weighted by atomic mass is 79.9. The monoisotopic (exact) mass is 254 g/mol. The largest absolute Gasteiger partial charge is 0.402 e. The number of sulfone groups is 1. The van der Waals surface area contributed by atoms with Crippen LogP contribution in [0.1, 0.15) is 0 Å². The quantitative estimate of drug-likeness (QED) is 0.698. The molecule has 0 rings (SSSR count). The molecular weight excluding hydrogens is 249 g/mol. The molecule has 0 aromatic rings. The fourth-order valence-corrected chi connectivity index (χ4v) is 2.52. The summed E-state index contributed by atoms with van der Waals surface area (Å²) in [4.78, 5) is -1.97. The van der Waals surface area contributed by atoms with Crippen molar-refractivity contribution in [2.24, 2.45) is 0 Å². The van der Waals surface area contributed by atoms with Gasteiger partial charge in [-0.3, -0.25) is 0 Å². The topological polar surface area (TPSA) is 34.1 Å². The molecule has 0 heterocycles. The molecule has 2 nitrogen and oxygen atoms in total. The Morgan fingerprint density at radius 1 is 1.45 bits per heavy atom. The molecule has 1 atom stereocenters. The highest BCUT2D eigenvalue weighted by molar-refractivity contribution is 9.09. The summed E-state index contributed by atoms with van der Waals surface area (Å²) in [5, 5.41) is 0. The van der Waals surface area contributed by atoms with Gasteiger partial charge >= 0.3 is 6.18 Å². The molecule has 0 aromatic carbocycles. The van der Waals surface area contributed by atoms with Crippen LogP contribution in [0.15, 0.2) is 0 Å². The second kappa shape index (κ2) is 3.30. The summed E-state index contributed by atoms with van der Waals surface area (Å²) in [5.41, 5.74) is 0. The molecule has 7 heteroatoms. The summed E-state index contributed by atoms with van der Waals surface area (Å²) < 4.78 is 55.7. The lowest BCUT2D eigenvalue weighted by molar-refractivity contribution is -0.123. The zero-order valence-electron chi connectivity index (χ0n) is 5.52. The van der Waals surface area contributed by atoms with E-state index in [1.165, 1.54) is 0 Å². The second-order valence-corrected chi connectivity index (χ2v) is 5.39. The first kappa shape index (κ1) is 11.2. The summed E-state index contributed by atoms with van der Waals surface area (Å²) >= 11 is 2.23. The Kier molecular flexibility index (Phi) is 3.37. The molecule has 0 aromatic heterocycles. The maximum absolute atomic E-state index is 11.7. The van der Waals surface area contributed by atoms with Crippen molar-refractivity contribution in [1.82, 2.24) is 0 Å². The molecule has 0 amide bonds. The van der Waals surface area contributed by atoms with Gasteiger partial charge in [0.2, 0.25) is 0 Å². The molecule has 0 N–H and O–H groups in total. The van der Waals surface area contributed by atoms with Gasteiger partial charge in [-0.05, 0) is 0 Å². The highest BCUT2D eigenvalue weighted by Gasteiger charge is 2.39. The van der Waals surface area contributed by atoms with E-state index in [0.717, 1.165) is 6.26 Å². The number of halogens is 4. The van der Waals surface area contributed by atoms with Crippen LogP contribution in [-0.2, 0) is 9.84 Å². The van der Waals surface area contributed by atoms with Crippen LogP contribution in [0.3, 0.4) is 0 Å². The molecular formula is C4H6BrF3O2S. The summed E-state index contributed by atoms with van der Waals surface area (Å²) in [6, 6.07) is 0. The number of rotatable bonds is 2. The van der Waals surface area contributed by atoms with Crippen molar-refractivity contribution in [3.63, 3.8) is 0 Å². The van der Waals surface area contributed by atoms with Gasteiger partial charge in [-0.1, -0.05) is 15.9 Å². The maximum atomic E-state index is 11.7. The third kappa shape index (κ3) is 5.49. The van der Waals surface area contributed by atoms with Crippen LogP contribution >= 0.6 is 15.9 Å². The van der Waals surface area contributed by atoms with Crippen LogP contribution in [-0.4, -0.2) is 31.4 Å². The summed E-state index contributed by atoms with van der Waals surface area (Å²) in [6.45, 7) is 0. The lowest BCUT2D eigenvalue weighted by Gasteiger charge is -2.11. The third-order valence-electron chi connectivity index (χ3n) is 0.804. The van der Waals surface area contributed by atoms with E-state index in [1.54, 1.807) is 0 Å². The molecule has 0 aliphatic rings. The van der Waals surface area contributed by atoms with E-state index < -0.39 is 26.6 Å². The van der Waals surface area contributed by atoms with Gasteiger partial charge in [-0.15, -0.1) is 0 Å². The lowest BCUT2D eigenvalue weighted by Crippen LogP contribution is -2.29. The maximum Gasteiger partial charge on any atom is 0.402 e. The first-order chi connectivity index (χ1) is 4.63. The molecule has 1 unspecified atom stereocenters. The Morgan fingerprint density at radius 2 is 1.82 bits per heavy atom. The smallest absolute Gasteiger partial charge is 0.229 e. The number of hydrogen-bond donors (Lipinski definition) is 0. The zero-order valence-corrected chi connectivity index (χ0v) is 7.92. The van der Waals surface area contributed by atoms with Crippen molar-refractivity contribution in [3.05, 3.63) is 0 Å². The standard InChI is InChI=1S/C4H6BrF3O2S/c1-11(9,10)2-3(5)4(6,7)8/h3H,2H2,1H3. The lowest BCUT2D eigenvalue weighted by atomic mass is 10.5. The summed E-state index contributed by atoms with van der Waals surface area (Å²) in [6.07, 6.45) is -3.74. The minimum atomic E-state index is -4.50. The van der Waals surface area contributed by atoms with Crippen molar-refractivity contribution in [2.45, 2.75) is 11.0 Å². The minimum absolute atomic E-state index is 0.757. The van der Waals surface area contributed by atoms with Gasteiger partial charge in [-0.2, -0.15) is 13.2 Å². The molecule has 0 spiro atoms. The predicted molar refractivity (Wildman–Crippen MR) is 38.5 cm³/mol. The van der Waals surface area contributed by atoms with Crippen molar-refractivity contribution >= 4 is 25.8 Å². The van der Waals surface area contributed by atoms with Gasteiger partial charge in [-0.25, -0.2) is 8.42 Å². The van der Waals surface area contributed by atoms with Crippen LogP contribution in [0.25, 0.3) is 0 Å². The molecule has 0 bridgehead atoms. The summed E-state index contributed by atoms with van der Waals surface area (Å²) in [5.74, 6) is -0.920. The van der Waals surface area contributed by atoms with Crippen LogP contribution in [0, 0.1) is 0 Å². The van der Waals surface area contributed by atoms with Crippen molar-refractivity contribution in [2.75, 3.05) is 12.0 Å². The van der Waals surface area contributed by atoms with E-state index >= 15 is 0 Å². The van der Waals surface area contributed by atoms with Gasteiger partial charge in [0.25, 0.3) is 0 Å². The third-order valence-corrected chi connectivity index (χ3v) is 3.01. The van der Waals surface area contributed by atoms with Gasteiger partial charge in [0.15, 0.2) is 0 Å². The van der Waals surface area contributed by atoms with Crippen LogP contribution < -0.4 is 0 Å². The molecule has 0 aliphatic carbocycles. The van der Waals surface area contributed by atoms with Gasteiger partial charge < -0.3 is 0 Å². The molecule has 11 heavy (non-hydrogen) atoms. The Hall–Kier alpha value is 0.220. The van der Waals surface area contributed by atoms with Crippen LogP contribution in [0.5, 0.6) is 0 Å².